The highest BCUT2D eigenvalue weighted by Gasteiger charge is 2.34. The third-order valence-electron chi connectivity index (χ3n) is 5.34. The van der Waals surface area contributed by atoms with E-state index in [-0.39, 0.29) is 18.2 Å². The monoisotopic (exact) mass is 444 g/mol. The minimum Gasteiger partial charge on any atom is -0.457 e. The second-order valence-corrected chi connectivity index (χ2v) is 7.31. The van der Waals surface area contributed by atoms with Crippen molar-refractivity contribution in [1.29, 1.82) is 0 Å². The maximum atomic E-state index is 13.4. The summed E-state index contributed by atoms with van der Waals surface area (Å²) in [6, 6.07) is 13.4. The van der Waals surface area contributed by atoms with Crippen molar-refractivity contribution in [2.24, 2.45) is 5.73 Å². The minimum atomic E-state index is -0.551. The van der Waals surface area contributed by atoms with Crippen LogP contribution in [0, 0.1) is 5.82 Å². The van der Waals surface area contributed by atoms with Crippen molar-refractivity contribution in [3.05, 3.63) is 60.0 Å². The molecule has 2 aromatic carbocycles. The Morgan fingerprint density at radius 1 is 1.16 bits per heavy atom. The summed E-state index contributed by atoms with van der Waals surface area (Å²) in [7, 11) is 0. The van der Waals surface area contributed by atoms with Gasteiger partial charge in [-0.3, -0.25) is 4.79 Å². The lowest BCUT2D eigenvalue weighted by atomic mass is 10.1. The highest BCUT2D eigenvalue weighted by Crippen LogP contribution is 2.35. The van der Waals surface area contributed by atoms with E-state index in [4.69, 9.17) is 15.6 Å². The molecule has 1 amide bonds. The molecule has 3 heterocycles. The van der Waals surface area contributed by atoms with Gasteiger partial charge in [-0.15, -0.1) is 17.5 Å². The van der Waals surface area contributed by atoms with Gasteiger partial charge >= 0.3 is 0 Å². The molecular formula is C21H22ClFN6O2. The van der Waals surface area contributed by atoms with Crippen molar-refractivity contribution in [2.45, 2.75) is 6.04 Å². The molecule has 2 aliphatic rings. The maximum Gasteiger partial charge on any atom is 0.269 e. The normalized spacial score (nSPS) is 15.3. The van der Waals surface area contributed by atoms with Crippen LogP contribution in [0.2, 0.25) is 0 Å². The molecular weight excluding hydrogens is 423 g/mol. The molecule has 4 N–H and O–H groups in total. The number of halogens is 2. The molecule has 2 aliphatic heterocycles. The predicted octanol–water partition coefficient (Wildman–Crippen LogP) is 2.53. The Balaban J connectivity index is 0.00000231. The van der Waals surface area contributed by atoms with E-state index >= 15 is 0 Å². The molecule has 0 atom stereocenters. The Hall–Kier alpha value is -3.30. The van der Waals surface area contributed by atoms with E-state index in [0.29, 0.717) is 34.6 Å². The van der Waals surface area contributed by atoms with Gasteiger partial charge in [0, 0.05) is 32.2 Å². The first-order valence-electron chi connectivity index (χ1n) is 9.78. The van der Waals surface area contributed by atoms with Crippen LogP contribution in [0.1, 0.15) is 10.5 Å². The fourth-order valence-corrected chi connectivity index (χ4v) is 3.76. The van der Waals surface area contributed by atoms with Crippen molar-refractivity contribution in [1.82, 2.24) is 15.1 Å². The average Bonchev–Trinajstić information content (AvgIpc) is 3.08. The molecule has 1 aromatic heterocycles. The zero-order chi connectivity index (χ0) is 20.7. The van der Waals surface area contributed by atoms with E-state index in [1.165, 1.54) is 12.1 Å². The Bertz CT molecular complexity index is 1100. The van der Waals surface area contributed by atoms with Crippen molar-refractivity contribution in [2.75, 3.05) is 36.4 Å². The molecule has 162 valence electrons. The van der Waals surface area contributed by atoms with Gasteiger partial charge in [0.25, 0.3) is 5.91 Å². The van der Waals surface area contributed by atoms with Crippen LogP contribution in [0.15, 0.2) is 48.5 Å². The summed E-state index contributed by atoms with van der Waals surface area (Å²) in [6.45, 7) is 3.32. The lowest BCUT2D eigenvalue weighted by Crippen LogP contribution is -2.59. The van der Waals surface area contributed by atoms with Crippen LogP contribution >= 0.6 is 12.4 Å². The molecule has 3 aromatic rings. The number of ether oxygens (including phenoxy) is 1. The summed E-state index contributed by atoms with van der Waals surface area (Å²) in [5.74, 6) is 0.772. The highest BCUT2D eigenvalue weighted by molar-refractivity contribution is 6.00. The van der Waals surface area contributed by atoms with Gasteiger partial charge in [-0.05, 0) is 36.4 Å². The van der Waals surface area contributed by atoms with Gasteiger partial charge in [-0.1, -0.05) is 6.07 Å². The number of hydrogen-bond acceptors (Lipinski definition) is 6. The number of amides is 1. The number of hydrogen-bond donors (Lipinski definition) is 3. The first kappa shape index (κ1) is 21.0. The second-order valence-electron chi connectivity index (χ2n) is 7.31. The molecule has 1 fully saturated rings. The first-order valence-corrected chi connectivity index (χ1v) is 9.78. The van der Waals surface area contributed by atoms with Gasteiger partial charge in [0.15, 0.2) is 11.5 Å². The Kier molecular flexibility index (Phi) is 5.71. The van der Waals surface area contributed by atoms with Crippen molar-refractivity contribution < 1.29 is 13.9 Å². The lowest BCUT2D eigenvalue weighted by Gasteiger charge is -2.40. The van der Waals surface area contributed by atoms with Crippen LogP contribution in [0.3, 0.4) is 0 Å². The Morgan fingerprint density at radius 2 is 1.94 bits per heavy atom. The Labute approximate surface area is 184 Å². The van der Waals surface area contributed by atoms with E-state index in [9.17, 15) is 9.18 Å². The van der Waals surface area contributed by atoms with Crippen molar-refractivity contribution >= 4 is 29.8 Å². The number of anilines is 2. The molecule has 0 unspecified atom stereocenters. The van der Waals surface area contributed by atoms with Gasteiger partial charge in [0.1, 0.15) is 23.0 Å². The molecule has 0 saturated carbocycles. The second kappa shape index (κ2) is 8.44. The van der Waals surface area contributed by atoms with Crippen LogP contribution in [-0.2, 0) is 0 Å². The Morgan fingerprint density at radius 3 is 2.58 bits per heavy atom. The number of nitrogens with one attached hydrogen (secondary N) is 2. The quantitative estimate of drug-likeness (QED) is 0.559. The number of primary amides is 1. The van der Waals surface area contributed by atoms with E-state index < -0.39 is 5.91 Å². The van der Waals surface area contributed by atoms with E-state index in [1.54, 1.807) is 41.1 Å². The van der Waals surface area contributed by atoms with E-state index in [1.807, 2.05) is 0 Å². The van der Waals surface area contributed by atoms with Crippen molar-refractivity contribution in [3.63, 3.8) is 0 Å². The third kappa shape index (κ3) is 3.89. The molecule has 31 heavy (non-hydrogen) atoms. The summed E-state index contributed by atoms with van der Waals surface area (Å²) in [5, 5.41) is 11.3. The van der Waals surface area contributed by atoms with Crippen LogP contribution in [-0.4, -0.2) is 47.9 Å². The number of nitrogens with two attached hydrogens (primary N) is 1. The first-order chi connectivity index (χ1) is 14.6. The van der Waals surface area contributed by atoms with Crippen molar-refractivity contribution in [3.8, 4) is 17.2 Å². The average molecular weight is 445 g/mol. The zero-order valence-corrected chi connectivity index (χ0v) is 17.4. The molecule has 0 bridgehead atoms. The smallest absolute Gasteiger partial charge is 0.269 e. The summed E-state index contributed by atoms with van der Waals surface area (Å²) >= 11 is 0. The van der Waals surface area contributed by atoms with Crippen LogP contribution in [0.5, 0.6) is 11.5 Å². The van der Waals surface area contributed by atoms with Gasteiger partial charge in [-0.2, -0.15) is 0 Å². The van der Waals surface area contributed by atoms with Gasteiger partial charge in [0.05, 0.1) is 11.7 Å². The number of aromatic nitrogens is 2. The summed E-state index contributed by atoms with van der Waals surface area (Å²) < 4.78 is 20.6. The molecule has 5 rings (SSSR count). The topological polar surface area (TPSA) is 97.4 Å². The van der Waals surface area contributed by atoms with Crippen LogP contribution in [0.4, 0.5) is 15.9 Å². The van der Waals surface area contributed by atoms with E-state index in [2.05, 4.69) is 15.5 Å². The summed E-state index contributed by atoms with van der Waals surface area (Å²) in [5.41, 5.74) is 7.37. The largest absolute Gasteiger partial charge is 0.457 e. The molecule has 1 saturated heterocycles. The maximum absolute atomic E-state index is 13.4. The molecule has 0 spiro atoms. The van der Waals surface area contributed by atoms with Gasteiger partial charge in [0.2, 0.25) is 0 Å². The lowest BCUT2D eigenvalue weighted by molar-refractivity contribution is 0.0993. The van der Waals surface area contributed by atoms with E-state index in [0.717, 1.165) is 32.0 Å². The number of fused-ring (bicyclic) bond motifs is 1. The molecule has 10 heteroatoms. The van der Waals surface area contributed by atoms with Crippen LogP contribution < -0.4 is 26.0 Å². The standard InChI is InChI=1S/C21H21FN6O2.ClH/c22-13-2-1-3-17(10-13)30-16-6-4-14(5-7-16)28-19(20(23)29)18-21(26-28)27(9-8-25-18)15-11-24-12-15;/h1-7,10,15,24-25H,8-9,11-12H2,(H2,23,29);1H. The number of nitrogens with zero attached hydrogens (tertiary/aromatic N) is 3. The predicted molar refractivity (Wildman–Crippen MR) is 118 cm³/mol. The molecule has 8 nitrogen and oxygen atoms in total. The highest BCUT2D eigenvalue weighted by atomic mass is 35.5. The number of carbonyl (C=O) groups is 1. The molecule has 0 radical (unpaired) electrons. The minimum absolute atomic E-state index is 0. The zero-order valence-electron chi connectivity index (χ0n) is 16.5. The SMILES string of the molecule is Cl.NC(=O)c1c2c(nn1-c1ccc(Oc3cccc(F)c3)cc1)N(C1CNC1)CCN2. The number of benzene rings is 2. The van der Waals surface area contributed by atoms with Gasteiger partial charge < -0.3 is 26.0 Å². The summed E-state index contributed by atoms with van der Waals surface area (Å²) in [6.07, 6.45) is 0. The fourth-order valence-electron chi connectivity index (χ4n) is 3.76. The fraction of sp³-hybridized carbons (Fsp3) is 0.238. The molecule has 0 aliphatic carbocycles. The third-order valence-corrected chi connectivity index (χ3v) is 5.34. The number of rotatable bonds is 5. The summed E-state index contributed by atoms with van der Waals surface area (Å²) in [4.78, 5) is 14.5. The van der Waals surface area contributed by atoms with Gasteiger partial charge in [-0.25, -0.2) is 9.07 Å². The number of carbonyl (C=O) groups excluding carboxylic acids is 1. The van der Waals surface area contributed by atoms with Crippen LogP contribution in [0.25, 0.3) is 5.69 Å².